The molecule has 2 fully saturated rings. The van der Waals surface area contributed by atoms with Crippen LogP contribution in [-0.4, -0.2) is 112 Å². The number of aromatic nitrogens is 4. The number of nitrogen functional groups attached to an aromatic ring is 1. The van der Waals surface area contributed by atoms with Crippen molar-refractivity contribution in [1.82, 2.24) is 19.9 Å². The Morgan fingerprint density at radius 2 is 1.89 bits per heavy atom. The quantitative estimate of drug-likeness (QED) is 0.0466. The van der Waals surface area contributed by atoms with Gasteiger partial charge < -0.3 is 61.0 Å². The fraction of sp³-hybridized carbons (Fsp3) is 0.524. The third-order valence-corrected chi connectivity index (χ3v) is 8.94. The zero-order valence-corrected chi connectivity index (χ0v) is 24.2. The highest BCUT2D eigenvalue weighted by molar-refractivity contribution is 7.58. The number of ether oxygens (including phenoxy) is 2. The number of aliphatic hydroxyl groups excluding tert-OH is 4. The van der Waals surface area contributed by atoms with Gasteiger partial charge >= 0.3 is 16.4 Å². The number of rotatable bonds is 12. The molecule has 5 rings (SSSR count). The maximum absolute atomic E-state index is 12.3. The van der Waals surface area contributed by atoms with Crippen LogP contribution >= 0.6 is 16.4 Å². The number of imidazole rings is 1. The molecule has 5 heterocycles. The van der Waals surface area contributed by atoms with Gasteiger partial charge in [-0.2, -0.15) is 4.67 Å². The van der Waals surface area contributed by atoms with Crippen LogP contribution in [0.25, 0.3) is 11.2 Å². The first-order valence-electron chi connectivity index (χ1n) is 12.8. The van der Waals surface area contributed by atoms with Crippen molar-refractivity contribution in [3.8, 4) is 0 Å². The number of carbonyl (C=O) groups excluding carboxylic acids is 1. The predicted octanol–water partition coefficient (Wildman–Crippen LogP) is -3.22. The van der Waals surface area contributed by atoms with Crippen LogP contribution in [0.15, 0.2) is 36.7 Å². The highest BCUT2D eigenvalue weighted by Crippen LogP contribution is 2.56. The number of hydrogen-bond donors (Lipinski definition) is 9. The van der Waals surface area contributed by atoms with Gasteiger partial charge in [-0.05, 0) is 6.42 Å². The summed E-state index contributed by atoms with van der Waals surface area (Å²) in [5.74, 6) is -0.533. The van der Waals surface area contributed by atoms with E-state index in [0.29, 0.717) is 5.52 Å². The maximum Gasteiger partial charge on any atom is 0.479 e. The molecule has 0 aliphatic carbocycles. The third kappa shape index (κ3) is 6.91. The van der Waals surface area contributed by atoms with Crippen LogP contribution < -0.4 is 16.0 Å². The molecule has 23 heteroatoms. The summed E-state index contributed by atoms with van der Waals surface area (Å²) in [7, 11) is -8.22. The molecule has 0 saturated carbocycles. The molecule has 2 aromatic rings. The fourth-order valence-corrected chi connectivity index (χ4v) is 6.14. The molecule has 44 heavy (non-hydrogen) atoms. The molecule has 0 bridgehead atoms. The van der Waals surface area contributed by atoms with Crippen LogP contribution in [0.4, 0.5) is 5.82 Å². The molecule has 2 aromatic heterocycles. The Morgan fingerprint density at radius 1 is 1.16 bits per heavy atom. The molecular formula is C21H30N7O14P2+. The molecule has 10 atom stereocenters. The van der Waals surface area contributed by atoms with Gasteiger partial charge in [0.2, 0.25) is 24.3 Å². The number of fused-ring (bicyclic) bond motifs is 1. The third-order valence-electron chi connectivity index (χ3n) is 6.84. The Bertz CT molecular complexity index is 1460. The van der Waals surface area contributed by atoms with Crippen molar-refractivity contribution in [1.29, 1.82) is 0 Å². The Morgan fingerprint density at radius 3 is 2.64 bits per heavy atom. The SMILES string of the molecule is NC(=O)C1=CN(C2OC(COP(=O)(O)OP(O)OOCC3OC([n+]4cnc(N)c5[nH]cnc54)C(O)C3O)C(O)C2O)C=CC1. The van der Waals surface area contributed by atoms with Gasteiger partial charge in [-0.25, -0.2) is 18.3 Å². The summed E-state index contributed by atoms with van der Waals surface area (Å²) in [5, 5.41) is 41.6. The number of phosphoric ester groups is 1. The summed E-state index contributed by atoms with van der Waals surface area (Å²) in [5.41, 5.74) is 12.0. The lowest BCUT2D eigenvalue weighted by molar-refractivity contribution is -0.747. The van der Waals surface area contributed by atoms with E-state index in [-0.39, 0.29) is 23.5 Å². The van der Waals surface area contributed by atoms with E-state index in [4.69, 9.17) is 30.4 Å². The van der Waals surface area contributed by atoms with Crippen molar-refractivity contribution >= 4 is 39.3 Å². The van der Waals surface area contributed by atoms with Crippen molar-refractivity contribution < 1.29 is 72.0 Å². The van der Waals surface area contributed by atoms with E-state index < -0.39 is 84.6 Å². The average Bonchev–Trinajstić information content (AvgIpc) is 3.66. The number of nitrogens with zero attached hydrogens (tertiary/aromatic N) is 4. The van der Waals surface area contributed by atoms with Gasteiger partial charge in [0.15, 0.2) is 18.1 Å². The number of amides is 1. The van der Waals surface area contributed by atoms with Gasteiger partial charge in [-0.1, -0.05) is 16.0 Å². The highest BCUT2D eigenvalue weighted by atomic mass is 31.3. The van der Waals surface area contributed by atoms with Crippen LogP contribution in [-0.2, 0) is 37.2 Å². The fourth-order valence-electron chi connectivity index (χ4n) is 4.65. The Balaban J connectivity index is 1.08. The number of aromatic amines is 1. The average molecular weight is 666 g/mol. The van der Waals surface area contributed by atoms with Crippen LogP contribution in [0.2, 0.25) is 0 Å². The Kier molecular flexibility index (Phi) is 9.90. The number of nitrogens with one attached hydrogen (secondary N) is 1. The van der Waals surface area contributed by atoms with E-state index in [0.717, 1.165) is 0 Å². The van der Waals surface area contributed by atoms with Gasteiger partial charge in [-0.3, -0.25) is 9.32 Å². The number of phosphoric acid groups is 1. The van der Waals surface area contributed by atoms with Crippen molar-refractivity contribution in [2.24, 2.45) is 5.73 Å². The summed E-state index contributed by atoms with van der Waals surface area (Å²) in [6.45, 7) is -1.34. The highest BCUT2D eigenvalue weighted by Gasteiger charge is 2.48. The monoisotopic (exact) mass is 666 g/mol. The van der Waals surface area contributed by atoms with Crippen LogP contribution in [0.1, 0.15) is 12.6 Å². The molecule has 10 unspecified atom stereocenters. The number of hydrogen-bond acceptors (Lipinski definition) is 17. The lowest BCUT2D eigenvalue weighted by Gasteiger charge is -2.28. The number of aliphatic hydroxyl groups is 4. The molecule has 11 N–H and O–H groups in total. The van der Waals surface area contributed by atoms with Gasteiger partial charge in [0.05, 0.1) is 6.61 Å². The van der Waals surface area contributed by atoms with E-state index in [9.17, 15) is 39.6 Å². The minimum Gasteiger partial charge on any atom is -0.387 e. The zero-order chi connectivity index (χ0) is 31.8. The first-order valence-corrected chi connectivity index (χ1v) is 15.4. The lowest BCUT2D eigenvalue weighted by Crippen LogP contribution is -2.47. The second-order valence-corrected chi connectivity index (χ2v) is 12.2. The number of primary amides is 1. The Hall–Kier alpha value is -2.72. The molecule has 1 amide bonds. The molecule has 2 saturated heterocycles. The topological polar surface area (TPSA) is 312 Å². The van der Waals surface area contributed by atoms with E-state index in [1.165, 1.54) is 34.5 Å². The zero-order valence-electron chi connectivity index (χ0n) is 22.4. The van der Waals surface area contributed by atoms with Crippen LogP contribution in [0, 0.1) is 0 Å². The van der Waals surface area contributed by atoms with E-state index in [1.54, 1.807) is 6.08 Å². The largest absolute Gasteiger partial charge is 0.479 e. The van der Waals surface area contributed by atoms with E-state index in [2.05, 4.69) is 23.9 Å². The minimum atomic E-state index is -5.03. The molecule has 0 spiro atoms. The molecule has 242 valence electrons. The first-order chi connectivity index (χ1) is 20.9. The summed E-state index contributed by atoms with van der Waals surface area (Å²) in [6, 6.07) is 0. The second-order valence-electron chi connectivity index (χ2n) is 9.73. The van der Waals surface area contributed by atoms with Crippen LogP contribution in [0.3, 0.4) is 0 Å². The second kappa shape index (κ2) is 13.3. The molecular weight excluding hydrogens is 636 g/mol. The van der Waals surface area contributed by atoms with Crippen molar-refractivity contribution in [2.75, 3.05) is 18.9 Å². The standard InChI is InChI=1S/C21H29N7O14P2/c22-17-12-19(25-7-24-12)28(8-26-17)21-16(32)13(29)10(40-21)5-37-41-43(34)42-44(35,36)38-6-11-14(30)15(31)20(39-11)27-3-1-2-9(4-27)18(23)33/h1,3-4,7-8,10-11,13-16,20-21,29-32,34H,2,5-6H2,(H5,22,23,24,25,33,35,36)/p+1. The minimum absolute atomic E-state index is 0.151. The van der Waals surface area contributed by atoms with Crippen molar-refractivity contribution in [3.05, 3.63) is 36.7 Å². The molecule has 3 aliphatic heterocycles. The molecule has 21 nitrogen and oxygen atoms in total. The van der Waals surface area contributed by atoms with Crippen molar-refractivity contribution in [3.63, 3.8) is 0 Å². The predicted molar refractivity (Wildman–Crippen MR) is 141 cm³/mol. The first kappa shape index (κ1) is 32.7. The van der Waals surface area contributed by atoms with Gasteiger partial charge in [-0.15, -0.1) is 0 Å². The Labute approximate surface area is 248 Å². The number of carbonyl (C=O) groups is 1. The smallest absolute Gasteiger partial charge is 0.387 e. The number of allylic oxidation sites excluding steroid dienone is 1. The van der Waals surface area contributed by atoms with Gasteiger partial charge in [0, 0.05) is 18.0 Å². The van der Waals surface area contributed by atoms with Crippen LogP contribution in [0.5, 0.6) is 0 Å². The molecule has 3 aliphatic rings. The normalized spacial score (nSPS) is 32.6. The van der Waals surface area contributed by atoms with E-state index >= 15 is 0 Å². The van der Waals surface area contributed by atoms with Gasteiger partial charge in [0.25, 0.3) is 5.65 Å². The van der Waals surface area contributed by atoms with E-state index in [1.807, 2.05) is 0 Å². The molecule has 0 radical (unpaired) electrons. The number of H-pyrrole nitrogens is 1. The van der Waals surface area contributed by atoms with Gasteiger partial charge in [0.1, 0.15) is 43.2 Å². The number of nitrogens with two attached hydrogens (primary N) is 2. The maximum atomic E-state index is 12.3. The lowest BCUT2D eigenvalue weighted by atomic mass is 10.1. The summed E-state index contributed by atoms with van der Waals surface area (Å²) < 4.78 is 38.7. The summed E-state index contributed by atoms with van der Waals surface area (Å²) in [6.07, 6.45) is -3.59. The number of anilines is 1. The summed E-state index contributed by atoms with van der Waals surface area (Å²) in [4.78, 5) is 48.3. The summed E-state index contributed by atoms with van der Waals surface area (Å²) >= 11 is 0. The van der Waals surface area contributed by atoms with Crippen molar-refractivity contribution in [2.45, 2.75) is 55.5 Å². The molecule has 0 aromatic carbocycles.